The van der Waals surface area contributed by atoms with Gasteiger partial charge in [0.25, 0.3) is 4.84 Å². The molecule has 4 heteroatoms. The molecule has 20 heavy (non-hydrogen) atoms. The van der Waals surface area contributed by atoms with Crippen LogP contribution in [0.3, 0.4) is 0 Å². The molecule has 1 aromatic carbocycles. The van der Waals surface area contributed by atoms with E-state index < -0.39 is 0 Å². The summed E-state index contributed by atoms with van der Waals surface area (Å²) in [6.07, 6.45) is 0. The molecule has 1 aromatic heterocycles. The van der Waals surface area contributed by atoms with E-state index >= 15 is 0 Å². The number of rotatable bonds is 6. The third kappa shape index (κ3) is 3.70. The second-order valence-corrected chi connectivity index (χ2v) is 6.58. The minimum Gasteiger partial charge on any atom is -0.429 e. The first-order valence-electron chi connectivity index (χ1n) is 7.28. The summed E-state index contributed by atoms with van der Waals surface area (Å²) in [6.45, 7) is 11.9. The van der Waals surface area contributed by atoms with Crippen molar-refractivity contribution in [2.24, 2.45) is 11.8 Å². The van der Waals surface area contributed by atoms with Crippen LogP contribution in [0.15, 0.2) is 28.7 Å². The number of oxazole rings is 1. The van der Waals surface area contributed by atoms with E-state index in [4.69, 9.17) is 16.6 Å². The van der Waals surface area contributed by atoms with E-state index in [-0.39, 0.29) is 0 Å². The Morgan fingerprint density at radius 2 is 1.70 bits per heavy atom. The van der Waals surface area contributed by atoms with E-state index in [9.17, 15) is 0 Å². The van der Waals surface area contributed by atoms with Crippen LogP contribution in [0.25, 0.3) is 11.1 Å². The Morgan fingerprint density at radius 1 is 1.10 bits per heavy atom. The van der Waals surface area contributed by atoms with Gasteiger partial charge in [-0.25, -0.2) is 0 Å². The van der Waals surface area contributed by atoms with Crippen molar-refractivity contribution in [3.05, 3.63) is 29.1 Å². The van der Waals surface area contributed by atoms with Crippen LogP contribution in [0.4, 0.5) is 0 Å². The number of hydrogen-bond donors (Lipinski definition) is 0. The van der Waals surface area contributed by atoms with E-state index in [1.54, 1.807) is 0 Å². The molecule has 1 heterocycles. The van der Waals surface area contributed by atoms with Crippen molar-refractivity contribution in [1.82, 2.24) is 9.47 Å². The molecule has 0 saturated heterocycles. The molecule has 0 saturated carbocycles. The molecule has 0 radical (unpaired) electrons. The molecule has 0 atom stereocenters. The quantitative estimate of drug-likeness (QED) is 0.730. The third-order valence-electron chi connectivity index (χ3n) is 3.16. The standard InChI is InChI=1S/C16H24N2OS/c1-12(2)9-17(10-13(3)4)11-18-14-7-5-6-8-15(14)19-16(18)20/h5-8,12-13H,9-11H2,1-4H3. The summed E-state index contributed by atoms with van der Waals surface area (Å²) in [4.78, 5) is 3.01. The number of aromatic nitrogens is 1. The maximum atomic E-state index is 5.66. The minimum absolute atomic E-state index is 0.559. The van der Waals surface area contributed by atoms with Gasteiger partial charge < -0.3 is 4.42 Å². The Morgan fingerprint density at radius 3 is 2.30 bits per heavy atom. The van der Waals surface area contributed by atoms with Crippen molar-refractivity contribution in [1.29, 1.82) is 0 Å². The second kappa shape index (κ2) is 6.55. The second-order valence-electron chi connectivity index (χ2n) is 6.23. The fraction of sp³-hybridized carbons (Fsp3) is 0.562. The van der Waals surface area contributed by atoms with Crippen molar-refractivity contribution in [2.75, 3.05) is 13.1 Å². The van der Waals surface area contributed by atoms with Gasteiger partial charge in [-0.15, -0.1) is 0 Å². The van der Waals surface area contributed by atoms with E-state index in [0.29, 0.717) is 16.7 Å². The lowest BCUT2D eigenvalue weighted by Crippen LogP contribution is -2.33. The smallest absolute Gasteiger partial charge is 0.270 e. The molecule has 0 unspecified atom stereocenters. The lowest BCUT2D eigenvalue weighted by Gasteiger charge is -2.26. The van der Waals surface area contributed by atoms with Gasteiger partial charge in [0.2, 0.25) is 0 Å². The molecule has 2 rings (SSSR count). The van der Waals surface area contributed by atoms with E-state index in [0.717, 1.165) is 30.9 Å². The van der Waals surface area contributed by atoms with Gasteiger partial charge in [0.05, 0.1) is 12.2 Å². The Hall–Kier alpha value is -1.13. The zero-order chi connectivity index (χ0) is 14.7. The Balaban J connectivity index is 2.27. The normalized spacial score (nSPS) is 12.2. The highest BCUT2D eigenvalue weighted by Crippen LogP contribution is 2.18. The fourth-order valence-corrected chi connectivity index (χ4v) is 2.82. The molecule has 3 nitrogen and oxygen atoms in total. The maximum Gasteiger partial charge on any atom is 0.270 e. The predicted octanol–water partition coefficient (Wildman–Crippen LogP) is 4.54. The SMILES string of the molecule is CC(C)CN(CC(C)C)Cn1c(=S)oc2ccccc21. The van der Waals surface area contributed by atoms with Gasteiger partial charge in [-0.3, -0.25) is 9.47 Å². The Bertz CT molecular complexity index is 602. The van der Waals surface area contributed by atoms with E-state index in [1.807, 2.05) is 18.2 Å². The highest BCUT2D eigenvalue weighted by atomic mass is 32.1. The van der Waals surface area contributed by atoms with Crippen LogP contribution < -0.4 is 0 Å². The highest BCUT2D eigenvalue weighted by Gasteiger charge is 2.13. The number of para-hydroxylation sites is 2. The van der Waals surface area contributed by atoms with Gasteiger partial charge in [-0.1, -0.05) is 39.8 Å². The summed E-state index contributed by atoms with van der Waals surface area (Å²) in [5, 5.41) is 0. The monoisotopic (exact) mass is 292 g/mol. The van der Waals surface area contributed by atoms with Crippen molar-refractivity contribution in [3.63, 3.8) is 0 Å². The Labute approximate surface area is 126 Å². The lowest BCUT2D eigenvalue weighted by molar-refractivity contribution is 0.173. The van der Waals surface area contributed by atoms with Crippen LogP contribution >= 0.6 is 12.2 Å². The van der Waals surface area contributed by atoms with Crippen LogP contribution in [0, 0.1) is 16.7 Å². The zero-order valence-corrected chi connectivity index (χ0v) is 13.6. The fourth-order valence-electron chi connectivity index (χ4n) is 2.57. The topological polar surface area (TPSA) is 21.3 Å². The van der Waals surface area contributed by atoms with E-state index in [1.165, 1.54) is 0 Å². The largest absolute Gasteiger partial charge is 0.429 e. The molecular weight excluding hydrogens is 268 g/mol. The predicted molar refractivity (Wildman–Crippen MR) is 86.3 cm³/mol. The summed E-state index contributed by atoms with van der Waals surface area (Å²) < 4.78 is 7.75. The molecule has 110 valence electrons. The first kappa shape index (κ1) is 15.3. The maximum absolute atomic E-state index is 5.66. The zero-order valence-electron chi connectivity index (χ0n) is 12.8. The van der Waals surface area contributed by atoms with Gasteiger partial charge in [-0.05, 0) is 36.2 Å². The van der Waals surface area contributed by atoms with Crippen LogP contribution in [0.5, 0.6) is 0 Å². The third-order valence-corrected chi connectivity index (χ3v) is 3.47. The Kier molecular flexibility index (Phi) is 5.00. The average molecular weight is 292 g/mol. The molecule has 0 N–H and O–H groups in total. The molecule has 0 aliphatic carbocycles. The average Bonchev–Trinajstić information content (AvgIpc) is 2.64. The van der Waals surface area contributed by atoms with Crippen LogP contribution in [0.1, 0.15) is 27.7 Å². The molecule has 0 amide bonds. The first-order valence-corrected chi connectivity index (χ1v) is 7.69. The number of nitrogens with zero attached hydrogens (tertiary/aromatic N) is 2. The molecule has 0 bridgehead atoms. The molecule has 2 aromatic rings. The van der Waals surface area contributed by atoms with Crippen molar-refractivity contribution < 1.29 is 4.42 Å². The van der Waals surface area contributed by atoms with Crippen LogP contribution in [-0.4, -0.2) is 22.6 Å². The number of hydrogen-bond acceptors (Lipinski definition) is 3. The molecule has 0 aliphatic heterocycles. The summed E-state index contributed by atoms with van der Waals surface area (Å²) in [5.74, 6) is 1.28. The summed E-state index contributed by atoms with van der Waals surface area (Å²) >= 11 is 5.37. The van der Waals surface area contributed by atoms with Crippen molar-refractivity contribution in [2.45, 2.75) is 34.4 Å². The van der Waals surface area contributed by atoms with Crippen LogP contribution in [0.2, 0.25) is 0 Å². The molecule has 0 spiro atoms. The van der Waals surface area contributed by atoms with Gasteiger partial charge in [-0.2, -0.15) is 0 Å². The highest BCUT2D eigenvalue weighted by molar-refractivity contribution is 7.71. The van der Waals surface area contributed by atoms with Gasteiger partial charge in [0, 0.05) is 13.1 Å². The van der Waals surface area contributed by atoms with Gasteiger partial charge >= 0.3 is 0 Å². The lowest BCUT2D eigenvalue weighted by atomic mass is 10.1. The van der Waals surface area contributed by atoms with E-state index in [2.05, 4.69) is 43.2 Å². The summed E-state index contributed by atoms with van der Waals surface area (Å²) in [7, 11) is 0. The van der Waals surface area contributed by atoms with Gasteiger partial charge in [0.15, 0.2) is 5.58 Å². The summed E-state index contributed by atoms with van der Waals surface area (Å²) in [5.41, 5.74) is 1.95. The van der Waals surface area contributed by atoms with Gasteiger partial charge in [0.1, 0.15) is 0 Å². The molecular formula is C16H24N2OS. The molecule has 0 aliphatic rings. The van der Waals surface area contributed by atoms with Crippen molar-refractivity contribution >= 4 is 23.3 Å². The minimum atomic E-state index is 0.559. The van der Waals surface area contributed by atoms with Crippen LogP contribution in [-0.2, 0) is 6.67 Å². The van der Waals surface area contributed by atoms with Crippen molar-refractivity contribution in [3.8, 4) is 0 Å². The summed E-state index contributed by atoms with van der Waals surface area (Å²) in [6, 6.07) is 8.04. The first-order chi connectivity index (χ1) is 9.47. The number of benzene rings is 1. The molecule has 0 fully saturated rings. The number of fused-ring (bicyclic) bond motifs is 1.